The lowest BCUT2D eigenvalue weighted by Gasteiger charge is -2.30. The maximum Gasteiger partial charge on any atom is 0.100 e. The highest BCUT2D eigenvalue weighted by molar-refractivity contribution is 9.10. The van der Waals surface area contributed by atoms with Gasteiger partial charge in [-0.1, -0.05) is 20.8 Å². The topological polar surface area (TPSA) is 27.0 Å². The molecule has 1 aliphatic heterocycles. The number of benzene rings is 1. The van der Waals surface area contributed by atoms with Crippen LogP contribution in [0.1, 0.15) is 45.6 Å². The fraction of sp³-hybridized carbons (Fsp3) is 0.588. The lowest BCUT2D eigenvalue weighted by molar-refractivity contribution is 0.220. The number of nitrogens with zero attached hydrogens (tertiary/aromatic N) is 2. The molecule has 20 heavy (non-hydrogen) atoms. The van der Waals surface area contributed by atoms with Crippen molar-refractivity contribution >= 4 is 21.6 Å². The van der Waals surface area contributed by atoms with Crippen LogP contribution >= 0.6 is 15.9 Å². The quantitative estimate of drug-likeness (QED) is 0.724. The van der Waals surface area contributed by atoms with E-state index in [1.807, 2.05) is 6.07 Å². The van der Waals surface area contributed by atoms with Gasteiger partial charge in [-0.15, -0.1) is 0 Å². The molecule has 0 amide bonds. The zero-order valence-electron chi connectivity index (χ0n) is 12.6. The normalized spacial score (nSPS) is 20.4. The summed E-state index contributed by atoms with van der Waals surface area (Å²) in [5, 5.41) is 9.00. The van der Waals surface area contributed by atoms with Gasteiger partial charge in [-0.05, 0) is 64.7 Å². The Morgan fingerprint density at radius 2 is 2.00 bits per heavy atom. The molecule has 3 heteroatoms. The van der Waals surface area contributed by atoms with Gasteiger partial charge in [-0.3, -0.25) is 0 Å². The largest absolute Gasteiger partial charge is 0.371 e. The Morgan fingerprint density at radius 3 is 2.60 bits per heavy atom. The Kier molecular flexibility index (Phi) is 4.75. The van der Waals surface area contributed by atoms with Crippen LogP contribution in [-0.4, -0.2) is 13.1 Å². The first-order valence-corrected chi connectivity index (χ1v) is 8.15. The molecule has 2 rings (SSSR count). The molecular weight excluding hydrogens is 312 g/mol. The van der Waals surface area contributed by atoms with Crippen molar-refractivity contribution < 1.29 is 0 Å². The lowest BCUT2D eigenvalue weighted by atomic mass is 9.77. The number of rotatable bonds is 1. The first-order chi connectivity index (χ1) is 9.41. The van der Waals surface area contributed by atoms with Crippen LogP contribution in [0.4, 0.5) is 5.69 Å². The highest BCUT2D eigenvalue weighted by Crippen LogP contribution is 2.35. The van der Waals surface area contributed by atoms with Gasteiger partial charge >= 0.3 is 0 Å². The van der Waals surface area contributed by atoms with E-state index in [-0.39, 0.29) is 0 Å². The van der Waals surface area contributed by atoms with Gasteiger partial charge in [0, 0.05) is 23.2 Å². The molecule has 0 aliphatic carbocycles. The average Bonchev–Trinajstić information content (AvgIpc) is 2.63. The van der Waals surface area contributed by atoms with Crippen LogP contribution in [0.2, 0.25) is 0 Å². The summed E-state index contributed by atoms with van der Waals surface area (Å²) in [6.07, 6.45) is 3.82. The first-order valence-electron chi connectivity index (χ1n) is 7.36. The van der Waals surface area contributed by atoms with Crippen LogP contribution in [0.3, 0.4) is 0 Å². The van der Waals surface area contributed by atoms with Crippen molar-refractivity contribution in [1.29, 1.82) is 5.26 Å². The summed E-state index contributed by atoms with van der Waals surface area (Å²) in [5.41, 5.74) is 2.34. The highest BCUT2D eigenvalue weighted by atomic mass is 79.9. The fourth-order valence-corrected chi connectivity index (χ4v) is 3.47. The van der Waals surface area contributed by atoms with Crippen molar-refractivity contribution in [1.82, 2.24) is 0 Å². The van der Waals surface area contributed by atoms with Gasteiger partial charge in [-0.25, -0.2) is 0 Å². The fourth-order valence-electron chi connectivity index (χ4n) is 3.01. The lowest BCUT2D eigenvalue weighted by Crippen LogP contribution is -2.26. The summed E-state index contributed by atoms with van der Waals surface area (Å²) in [6.45, 7) is 9.29. The van der Waals surface area contributed by atoms with Gasteiger partial charge in [0.05, 0.1) is 5.56 Å². The van der Waals surface area contributed by atoms with E-state index in [1.54, 1.807) is 0 Å². The Bertz CT molecular complexity index is 511. The number of hydrogen-bond acceptors (Lipinski definition) is 2. The first kappa shape index (κ1) is 15.4. The van der Waals surface area contributed by atoms with Crippen molar-refractivity contribution in [2.75, 3.05) is 18.0 Å². The van der Waals surface area contributed by atoms with E-state index in [0.717, 1.165) is 23.5 Å². The summed E-state index contributed by atoms with van der Waals surface area (Å²) in [5.74, 6) is 0.800. The summed E-state index contributed by atoms with van der Waals surface area (Å²) in [4.78, 5) is 2.46. The zero-order chi connectivity index (χ0) is 14.8. The molecule has 0 saturated carbocycles. The molecule has 1 fully saturated rings. The summed E-state index contributed by atoms with van der Waals surface area (Å²) < 4.78 is 0.897. The van der Waals surface area contributed by atoms with Crippen molar-refractivity contribution in [2.45, 2.75) is 40.0 Å². The minimum Gasteiger partial charge on any atom is -0.371 e. The molecule has 2 nitrogen and oxygen atoms in total. The summed E-state index contributed by atoms with van der Waals surface area (Å²) >= 11 is 3.49. The van der Waals surface area contributed by atoms with E-state index in [4.69, 9.17) is 5.26 Å². The van der Waals surface area contributed by atoms with Gasteiger partial charge in [0.2, 0.25) is 0 Å². The summed E-state index contributed by atoms with van der Waals surface area (Å²) in [6, 6.07) is 8.26. The molecule has 108 valence electrons. The SMILES string of the molecule is CC(C)(C)C1CCCN(c2ccc(C#N)c(Br)c2)CC1. The van der Waals surface area contributed by atoms with E-state index < -0.39 is 0 Å². The molecule has 0 N–H and O–H groups in total. The maximum absolute atomic E-state index is 9.00. The van der Waals surface area contributed by atoms with Crippen LogP contribution in [0.15, 0.2) is 22.7 Å². The Labute approximate surface area is 130 Å². The molecule has 1 aromatic rings. The number of hydrogen-bond donors (Lipinski definition) is 0. The minimum absolute atomic E-state index is 0.404. The minimum atomic E-state index is 0.404. The molecule has 0 bridgehead atoms. The smallest absolute Gasteiger partial charge is 0.100 e. The van der Waals surface area contributed by atoms with Gasteiger partial charge in [0.25, 0.3) is 0 Å². The molecule has 1 saturated heterocycles. The van der Waals surface area contributed by atoms with Gasteiger partial charge in [-0.2, -0.15) is 5.26 Å². The van der Waals surface area contributed by atoms with E-state index in [2.05, 4.69) is 59.8 Å². The van der Waals surface area contributed by atoms with Crippen LogP contribution in [0.25, 0.3) is 0 Å². The predicted octanol–water partition coefficient (Wildman–Crippen LogP) is 4.97. The van der Waals surface area contributed by atoms with Crippen molar-refractivity contribution in [3.8, 4) is 6.07 Å². The third-order valence-electron chi connectivity index (χ3n) is 4.39. The van der Waals surface area contributed by atoms with E-state index in [1.165, 1.54) is 24.9 Å². The molecule has 1 heterocycles. The number of nitriles is 1. The Hall–Kier alpha value is -1.01. The third kappa shape index (κ3) is 3.55. The van der Waals surface area contributed by atoms with Crippen molar-refractivity contribution in [3.05, 3.63) is 28.2 Å². The number of halogens is 1. The molecule has 1 aliphatic rings. The number of anilines is 1. The molecule has 0 aromatic heterocycles. The molecule has 1 unspecified atom stereocenters. The second kappa shape index (κ2) is 6.18. The highest BCUT2D eigenvalue weighted by Gasteiger charge is 2.27. The van der Waals surface area contributed by atoms with E-state index in [0.29, 0.717) is 11.0 Å². The summed E-state index contributed by atoms with van der Waals surface area (Å²) in [7, 11) is 0. The molecular formula is C17H23BrN2. The zero-order valence-corrected chi connectivity index (χ0v) is 14.2. The maximum atomic E-state index is 9.00. The average molecular weight is 335 g/mol. The van der Waals surface area contributed by atoms with Crippen LogP contribution in [-0.2, 0) is 0 Å². The Balaban J connectivity index is 2.11. The van der Waals surface area contributed by atoms with Gasteiger partial charge in [0.1, 0.15) is 6.07 Å². The molecule has 1 aromatic carbocycles. The monoisotopic (exact) mass is 334 g/mol. The second-order valence-electron chi connectivity index (χ2n) is 6.76. The van der Waals surface area contributed by atoms with Gasteiger partial charge in [0.15, 0.2) is 0 Å². The second-order valence-corrected chi connectivity index (χ2v) is 7.61. The van der Waals surface area contributed by atoms with E-state index >= 15 is 0 Å². The van der Waals surface area contributed by atoms with Crippen molar-refractivity contribution in [3.63, 3.8) is 0 Å². The third-order valence-corrected chi connectivity index (χ3v) is 5.05. The molecule has 0 spiro atoms. The van der Waals surface area contributed by atoms with Crippen molar-refractivity contribution in [2.24, 2.45) is 11.3 Å². The van der Waals surface area contributed by atoms with Gasteiger partial charge < -0.3 is 4.90 Å². The van der Waals surface area contributed by atoms with Crippen LogP contribution < -0.4 is 4.90 Å². The van der Waals surface area contributed by atoms with Crippen LogP contribution in [0.5, 0.6) is 0 Å². The molecule has 1 atom stereocenters. The molecule has 0 radical (unpaired) electrons. The van der Waals surface area contributed by atoms with Crippen LogP contribution in [0, 0.1) is 22.7 Å². The Morgan fingerprint density at radius 1 is 1.25 bits per heavy atom. The van der Waals surface area contributed by atoms with E-state index in [9.17, 15) is 0 Å². The predicted molar refractivity (Wildman–Crippen MR) is 87.9 cm³/mol. The standard InChI is InChI=1S/C17H23BrN2/c1-17(2,3)14-5-4-9-20(10-8-14)15-7-6-13(12-19)16(18)11-15/h6-7,11,14H,4-5,8-10H2,1-3H3.